The van der Waals surface area contributed by atoms with E-state index in [1.807, 2.05) is 12.1 Å². The van der Waals surface area contributed by atoms with Crippen molar-refractivity contribution >= 4 is 5.91 Å². The molecular weight excluding hydrogens is 228 g/mol. The second-order valence-corrected chi connectivity index (χ2v) is 5.03. The van der Waals surface area contributed by atoms with E-state index in [0.717, 1.165) is 31.2 Å². The summed E-state index contributed by atoms with van der Waals surface area (Å²) in [5.74, 6) is 0.453. The average Bonchev–Trinajstić information content (AvgIpc) is 2.38. The van der Waals surface area contributed by atoms with Crippen molar-refractivity contribution in [3.63, 3.8) is 0 Å². The summed E-state index contributed by atoms with van der Waals surface area (Å²) in [6.45, 7) is 0.677. The highest BCUT2D eigenvalue weighted by molar-refractivity contribution is 5.78. The van der Waals surface area contributed by atoms with Crippen molar-refractivity contribution in [2.75, 3.05) is 6.54 Å². The first-order valence-electron chi connectivity index (χ1n) is 6.57. The highest BCUT2D eigenvalue weighted by Gasteiger charge is 2.20. The van der Waals surface area contributed by atoms with Gasteiger partial charge in [-0.25, -0.2) is 0 Å². The molecule has 2 atom stereocenters. The fourth-order valence-electron chi connectivity index (χ4n) is 2.46. The summed E-state index contributed by atoms with van der Waals surface area (Å²) in [4.78, 5) is 15.7. The van der Waals surface area contributed by atoms with Gasteiger partial charge < -0.3 is 10.4 Å². The number of amides is 1. The molecule has 1 aliphatic carbocycles. The van der Waals surface area contributed by atoms with Gasteiger partial charge in [-0.15, -0.1) is 0 Å². The number of hydrogen-bond acceptors (Lipinski definition) is 3. The Morgan fingerprint density at radius 1 is 1.50 bits per heavy atom. The van der Waals surface area contributed by atoms with E-state index in [9.17, 15) is 9.90 Å². The summed E-state index contributed by atoms with van der Waals surface area (Å²) in [6.07, 6.45) is 7.48. The van der Waals surface area contributed by atoms with E-state index >= 15 is 0 Å². The summed E-state index contributed by atoms with van der Waals surface area (Å²) in [5, 5.41) is 12.5. The van der Waals surface area contributed by atoms with Gasteiger partial charge in [0.15, 0.2) is 0 Å². The van der Waals surface area contributed by atoms with Gasteiger partial charge in [0.05, 0.1) is 12.5 Å². The van der Waals surface area contributed by atoms with Crippen molar-refractivity contribution in [1.82, 2.24) is 10.3 Å². The Labute approximate surface area is 107 Å². The van der Waals surface area contributed by atoms with E-state index in [2.05, 4.69) is 10.3 Å². The standard InChI is InChI=1S/C14H20N2O2/c17-13-5-1-3-11(7-13)10-16-14(18)8-12-4-2-6-15-9-12/h2,4,6,9,11,13,17H,1,3,5,7-8,10H2,(H,16,18). The number of nitrogens with one attached hydrogen (secondary N) is 1. The third-order valence-corrected chi connectivity index (χ3v) is 3.43. The Bertz CT molecular complexity index is 381. The second-order valence-electron chi connectivity index (χ2n) is 5.03. The molecule has 0 bridgehead atoms. The number of aliphatic hydroxyl groups is 1. The van der Waals surface area contributed by atoms with Crippen molar-refractivity contribution in [2.45, 2.75) is 38.2 Å². The maximum absolute atomic E-state index is 11.7. The first-order chi connectivity index (χ1) is 8.74. The molecule has 98 valence electrons. The quantitative estimate of drug-likeness (QED) is 0.844. The first kappa shape index (κ1) is 13.0. The topological polar surface area (TPSA) is 62.2 Å². The Kier molecular flexibility index (Phi) is 4.70. The van der Waals surface area contributed by atoms with Crippen molar-refractivity contribution in [3.8, 4) is 0 Å². The van der Waals surface area contributed by atoms with E-state index in [0.29, 0.717) is 18.9 Å². The smallest absolute Gasteiger partial charge is 0.224 e. The molecule has 1 amide bonds. The van der Waals surface area contributed by atoms with E-state index in [1.54, 1.807) is 12.4 Å². The van der Waals surface area contributed by atoms with Crippen LogP contribution in [0.4, 0.5) is 0 Å². The molecule has 4 heteroatoms. The number of carbonyl (C=O) groups excluding carboxylic acids is 1. The molecule has 1 fully saturated rings. The number of hydrogen-bond donors (Lipinski definition) is 2. The predicted octanol–water partition coefficient (Wildman–Crippen LogP) is 1.29. The van der Waals surface area contributed by atoms with Crippen LogP contribution in [0, 0.1) is 5.92 Å². The van der Waals surface area contributed by atoms with Gasteiger partial charge >= 0.3 is 0 Å². The van der Waals surface area contributed by atoms with Gasteiger partial charge in [-0.05, 0) is 36.8 Å². The summed E-state index contributed by atoms with van der Waals surface area (Å²) >= 11 is 0. The molecule has 1 aromatic rings. The number of rotatable bonds is 4. The van der Waals surface area contributed by atoms with E-state index in [4.69, 9.17) is 0 Å². The number of aromatic nitrogens is 1. The minimum atomic E-state index is -0.182. The van der Waals surface area contributed by atoms with Crippen molar-refractivity contribution in [1.29, 1.82) is 0 Å². The molecule has 0 saturated heterocycles. The lowest BCUT2D eigenvalue weighted by Gasteiger charge is -2.25. The van der Waals surface area contributed by atoms with Crippen LogP contribution in [0.5, 0.6) is 0 Å². The Morgan fingerprint density at radius 3 is 3.11 bits per heavy atom. The Hall–Kier alpha value is -1.42. The van der Waals surface area contributed by atoms with Crippen LogP contribution in [0.15, 0.2) is 24.5 Å². The molecule has 1 aromatic heterocycles. The Balaban J connectivity index is 1.71. The number of aliphatic hydroxyl groups excluding tert-OH is 1. The molecule has 1 heterocycles. The van der Waals surface area contributed by atoms with Gasteiger partial charge in [-0.3, -0.25) is 9.78 Å². The van der Waals surface area contributed by atoms with Crippen LogP contribution in [0.3, 0.4) is 0 Å². The maximum atomic E-state index is 11.7. The third kappa shape index (κ3) is 4.11. The Morgan fingerprint density at radius 2 is 2.39 bits per heavy atom. The predicted molar refractivity (Wildman–Crippen MR) is 68.9 cm³/mol. The molecule has 2 N–H and O–H groups in total. The van der Waals surface area contributed by atoms with Crippen LogP contribution < -0.4 is 5.32 Å². The zero-order valence-electron chi connectivity index (χ0n) is 10.5. The van der Waals surface area contributed by atoms with Gasteiger partial charge in [-0.1, -0.05) is 12.5 Å². The lowest BCUT2D eigenvalue weighted by Crippen LogP contribution is -2.33. The van der Waals surface area contributed by atoms with Gasteiger partial charge in [0.25, 0.3) is 0 Å². The van der Waals surface area contributed by atoms with Gasteiger partial charge in [0.1, 0.15) is 0 Å². The monoisotopic (exact) mass is 248 g/mol. The minimum Gasteiger partial charge on any atom is -0.393 e. The lowest BCUT2D eigenvalue weighted by molar-refractivity contribution is -0.120. The van der Waals surface area contributed by atoms with Gasteiger partial charge in [0.2, 0.25) is 5.91 Å². The van der Waals surface area contributed by atoms with Crippen LogP contribution in [-0.2, 0) is 11.2 Å². The van der Waals surface area contributed by atoms with E-state index in [-0.39, 0.29) is 12.0 Å². The van der Waals surface area contributed by atoms with Crippen LogP contribution >= 0.6 is 0 Å². The normalized spacial score (nSPS) is 23.6. The molecule has 18 heavy (non-hydrogen) atoms. The maximum Gasteiger partial charge on any atom is 0.224 e. The van der Waals surface area contributed by atoms with E-state index in [1.165, 1.54) is 0 Å². The third-order valence-electron chi connectivity index (χ3n) is 3.43. The molecule has 4 nitrogen and oxygen atoms in total. The van der Waals surface area contributed by atoms with Crippen LogP contribution in [0.1, 0.15) is 31.2 Å². The van der Waals surface area contributed by atoms with Crippen molar-refractivity contribution in [2.24, 2.45) is 5.92 Å². The molecule has 0 spiro atoms. The lowest BCUT2D eigenvalue weighted by atomic mass is 9.87. The van der Waals surface area contributed by atoms with Crippen LogP contribution in [0.2, 0.25) is 0 Å². The molecule has 0 aliphatic heterocycles. The van der Waals surface area contributed by atoms with Gasteiger partial charge in [0, 0.05) is 18.9 Å². The van der Waals surface area contributed by atoms with Gasteiger partial charge in [-0.2, -0.15) is 0 Å². The molecule has 0 radical (unpaired) electrons. The van der Waals surface area contributed by atoms with Crippen LogP contribution in [-0.4, -0.2) is 28.6 Å². The average molecular weight is 248 g/mol. The second kappa shape index (κ2) is 6.50. The first-order valence-corrected chi connectivity index (χ1v) is 6.57. The summed E-state index contributed by atoms with van der Waals surface area (Å²) < 4.78 is 0. The molecule has 0 aromatic carbocycles. The van der Waals surface area contributed by atoms with Crippen LogP contribution in [0.25, 0.3) is 0 Å². The highest BCUT2D eigenvalue weighted by Crippen LogP contribution is 2.23. The minimum absolute atomic E-state index is 0.0306. The molecule has 2 rings (SSSR count). The van der Waals surface area contributed by atoms with E-state index < -0.39 is 0 Å². The fraction of sp³-hybridized carbons (Fsp3) is 0.571. The van der Waals surface area contributed by atoms with Crippen molar-refractivity contribution < 1.29 is 9.90 Å². The number of pyridine rings is 1. The van der Waals surface area contributed by atoms with Crippen molar-refractivity contribution in [3.05, 3.63) is 30.1 Å². The zero-order chi connectivity index (χ0) is 12.8. The largest absolute Gasteiger partial charge is 0.393 e. The summed E-state index contributed by atoms with van der Waals surface area (Å²) in [5.41, 5.74) is 0.929. The molecule has 1 aliphatic rings. The SMILES string of the molecule is O=C(Cc1cccnc1)NCC1CCCC(O)C1. The molecule has 2 unspecified atom stereocenters. The summed E-state index contributed by atoms with van der Waals surface area (Å²) in [6, 6.07) is 3.73. The number of carbonyl (C=O) groups is 1. The molecular formula is C14H20N2O2. The zero-order valence-corrected chi connectivity index (χ0v) is 10.5. The fourth-order valence-corrected chi connectivity index (χ4v) is 2.46. The summed E-state index contributed by atoms with van der Waals surface area (Å²) in [7, 11) is 0. The number of nitrogens with zero attached hydrogens (tertiary/aromatic N) is 1. The highest BCUT2D eigenvalue weighted by atomic mass is 16.3. The molecule has 1 saturated carbocycles.